The molecule has 7 nitrogen and oxygen atoms in total. The number of aryl methyl sites for hydroxylation is 1. The van der Waals surface area contributed by atoms with Crippen molar-refractivity contribution in [3.8, 4) is 0 Å². The van der Waals surface area contributed by atoms with Gasteiger partial charge in [0.1, 0.15) is 6.33 Å². The molecule has 0 saturated carbocycles. The number of nitro benzene ring substituents is 1. The standard InChI is InChI=1S/C13H17N5O2/c1-17-10-15-13(16-17)7-9-14-8-6-11-4-2-3-5-12(11)18(19)20/h2-5,10,14H,6-9H2,1H3. The van der Waals surface area contributed by atoms with Gasteiger partial charge in [0.2, 0.25) is 0 Å². The van der Waals surface area contributed by atoms with Crippen LogP contribution in [0, 0.1) is 10.1 Å². The largest absolute Gasteiger partial charge is 0.316 e. The summed E-state index contributed by atoms with van der Waals surface area (Å²) in [5.74, 6) is 0.797. The molecule has 20 heavy (non-hydrogen) atoms. The third-order valence-electron chi connectivity index (χ3n) is 2.93. The van der Waals surface area contributed by atoms with E-state index in [1.54, 1.807) is 23.1 Å². The first-order valence-corrected chi connectivity index (χ1v) is 6.44. The Hall–Kier alpha value is -2.28. The molecule has 106 valence electrons. The van der Waals surface area contributed by atoms with Gasteiger partial charge in [-0.3, -0.25) is 14.8 Å². The second kappa shape index (κ2) is 6.76. The van der Waals surface area contributed by atoms with Crippen LogP contribution >= 0.6 is 0 Å². The average Bonchev–Trinajstić information content (AvgIpc) is 2.84. The highest BCUT2D eigenvalue weighted by Gasteiger charge is 2.11. The molecular formula is C13H17N5O2. The van der Waals surface area contributed by atoms with Crippen LogP contribution in [0.25, 0.3) is 0 Å². The highest BCUT2D eigenvalue weighted by molar-refractivity contribution is 5.39. The van der Waals surface area contributed by atoms with E-state index in [1.807, 2.05) is 13.1 Å². The highest BCUT2D eigenvalue weighted by atomic mass is 16.6. The van der Waals surface area contributed by atoms with Crippen LogP contribution in [0.5, 0.6) is 0 Å². The van der Waals surface area contributed by atoms with Gasteiger partial charge in [0.05, 0.1) is 4.92 Å². The molecule has 2 rings (SSSR count). The summed E-state index contributed by atoms with van der Waals surface area (Å²) in [7, 11) is 1.83. The maximum atomic E-state index is 10.9. The second-order valence-electron chi connectivity index (χ2n) is 4.47. The van der Waals surface area contributed by atoms with Crippen LogP contribution in [0.4, 0.5) is 5.69 Å². The number of hydrogen-bond donors (Lipinski definition) is 1. The van der Waals surface area contributed by atoms with Gasteiger partial charge in [-0.1, -0.05) is 18.2 Å². The highest BCUT2D eigenvalue weighted by Crippen LogP contribution is 2.17. The Bertz CT molecular complexity index is 582. The van der Waals surface area contributed by atoms with E-state index in [1.165, 1.54) is 6.07 Å². The van der Waals surface area contributed by atoms with Crippen molar-refractivity contribution < 1.29 is 4.92 Å². The molecule has 0 bridgehead atoms. The quantitative estimate of drug-likeness (QED) is 0.464. The Morgan fingerprint density at radius 1 is 1.30 bits per heavy atom. The van der Waals surface area contributed by atoms with Crippen molar-refractivity contribution >= 4 is 5.69 Å². The molecule has 0 aliphatic carbocycles. The molecule has 1 N–H and O–H groups in total. The number of nitrogens with one attached hydrogen (secondary N) is 1. The van der Waals surface area contributed by atoms with Gasteiger partial charge in [-0.15, -0.1) is 0 Å². The summed E-state index contributed by atoms with van der Waals surface area (Å²) in [6.45, 7) is 1.45. The first kappa shape index (κ1) is 14.1. The number of benzene rings is 1. The van der Waals surface area contributed by atoms with E-state index in [2.05, 4.69) is 15.4 Å². The Labute approximate surface area is 116 Å². The molecule has 0 atom stereocenters. The first-order chi connectivity index (χ1) is 9.66. The minimum Gasteiger partial charge on any atom is -0.316 e. The van der Waals surface area contributed by atoms with E-state index in [0.29, 0.717) is 13.0 Å². The van der Waals surface area contributed by atoms with E-state index >= 15 is 0 Å². The van der Waals surface area contributed by atoms with Crippen molar-refractivity contribution in [1.82, 2.24) is 20.1 Å². The lowest BCUT2D eigenvalue weighted by atomic mass is 10.1. The molecule has 0 radical (unpaired) electrons. The number of nitro groups is 1. The minimum absolute atomic E-state index is 0.181. The van der Waals surface area contributed by atoms with Crippen LogP contribution in [-0.4, -0.2) is 32.8 Å². The maximum Gasteiger partial charge on any atom is 0.272 e. The van der Waals surface area contributed by atoms with Gasteiger partial charge in [-0.2, -0.15) is 5.10 Å². The zero-order valence-corrected chi connectivity index (χ0v) is 11.3. The fraction of sp³-hybridized carbons (Fsp3) is 0.385. The van der Waals surface area contributed by atoms with Crippen molar-refractivity contribution in [3.63, 3.8) is 0 Å². The summed E-state index contributed by atoms with van der Waals surface area (Å²) < 4.78 is 1.67. The van der Waals surface area contributed by atoms with Gasteiger partial charge in [-0.05, 0) is 13.0 Å². The van der Waals surface area contributed by atoms with Gasteiger partial charge >= 0.3 is 0 Å². The van der Waals surface area contributed by atoms with Crippen molar-refractivity contribution in [2.24, 2.45) is 7.05 Å². The molecule has 0 aliphatic heterocycles. The average molecular weight is 275 g/mol. The molecule has 2 aromatic rings. The van der Waals surface area contributed by atoms with Gasteiger partial charge in [-0.25, -0.2) is 4.98 Å². The topological polar surface area (TPSA) is 85.9 Å². The predicted molar refractivity (Wildman–Crippen MR) is 74.4 cm³/mol. The fourth-order valence-electron chi connectivity index (χ4n) is 1.95. The molecular weight excluding hydrogens is 258 g/mol. The van der Waals surface area contributed by atoms with Gasteiger partial charge in [0.15, 0.2) is 5.82 Å². The van der Waals surface area contributed by atoms with Crippen LogP contribution in [0.15, 0.2) is 30.6 Å². The lowest BCUT2D eigenvalue weighted by Crippen LogP contribution is -2.21. The SMILES string of the molecule is Cn1cnc(CCNCCc2ccccc2[N+](=O)[O-])n1. The molecule has 0 spiro atoms. The van der Waals surface area contributed by atoms with E-state index in [-0.39, 0.29) is 10.6 Å². The van der Waals surface area contributed by atoms with Crippen LogP contribution in [-0.2, 0) is 19.9 Å². The van der Waals surface area contributed by atoms with Gasteiger partial charge in [0, 0.05) is 31.6 Å². The molecule has 0 aliphatic rings. The van der Waals surface area contributed by atoms with E-state index < -0.39 is 0 Å². The maximum absolute atomic E-state index is 10.9. The van der Waals surface area contributed by atoms with Crippen molar-refractivity contribution in [1.29, 1.82) is 0 Å². The van der Waals surface area contributed by atoms with Crippen LogP contribution in [0.1, 0.15) is 11.4 Å². The second-order valence-corrected chi connectivity index (χ2v) is 4.47. The smallest absolute Gasteiger partial charge is 0.272 e. The van der Waals surface area contributed by atoms with E-state index in [4.69, 9.17) is 0 Å². The lowest BCUT2D eigenvalue weighted by Gasteiger charge is -2.04. The monoisotopic (exact) mass is 275 g/mol. The third-order valence-corrected chi connectivity index (χ3v) is 2.93. The molecule has 0 fully saturated rings. The Balaban J connectivity index is 1.75. The zero-order valence-electron chi connectivity index (χ0n) is 11.3. The normalized spacial score (nSPS) is 10.7. The third kappa shape index (κ3) is 3.86. The Kier molecular flexibility index (Phi) is 4.78. The summed E-state index contributed by atoms with van der Waals surface area (Å²) in [5, 5.41) is 18.3. The summed E-state index contributed by atoms with van der Waals surface area (Å²) in [6, 6.07) is 6.83. The van der Waals surface area contributed by atoms with Crippen molar-refractivity contribution in [2.75, 3.05) is 13.1 Å². The van der Waals surface area contributed by atoms with Crippen LogP contribution in [0.3, 0.4) is 0 Å². The number of aromatic nitrogens is 3. The molecule has 0 amide bonds. The van der Waals surface area contributed by atoms with Crippen molar-refractivity contribution in [2.45, 2.75) is 12.8 Å². The minimum atomic E-state index is -0.340. The predicted octanol–water partition coefficient (Wildman–Crippen LogP) is 1.10. The van der Waals surface area contributed by atoms with Gasteiger partial charge in [0.25, 0.3) is 5.69 Å². The summed E-state index contributed by atoms with van der Waals surface area (Å²) in [4.78, 5) is 14.7. The Morgan fingerprint density at radius 2 is 2.05 bits per heavy atom. The zero-order chi connectivity index (χ0) is 14.4. The first-order valence-electron chi connectivity index (χ1n) is 6.44. The summed E-state index contributed by atoms with van der Waals surface area (Å²) >= 11 is 0. The lowest BCUT2D eigenvalue weighted by molar-refractivity contribution is -0.385. The summed E-state index contributed by atoms with van der Waals surface area (Å²) in [6.07, 6.45) is 3.05. The Morgan fingerprint density at radius 3 is 2.75 bits per heavy atom. The van der Waals surface area contributed by atoms with E-state index in [0.717, 1.165) is 24.4 Å². The molecule has 1 heterocycles. The molecule has 7 heteroatoms. The van der Waals surface area contributed by atoms with Gasteiger partial charge < -0.3 is 5.32 Å². The molecule has 1 aromatic heterocycles. The summed E-state index contributed by atoms with van der Waals surface area (Å²) in [5.41, 5.74) is 0.932. The molecule has 1 aromatic carbocycles. The van der Waals surface area contributed by atoms with Crippen LogP contribution in [0.2, 0.25) is 0 Å². The van der Waals surface area contributed by atoms with Crippen molar-refractivity contribution in [3.05, 3.63) is 52.1 Å². The van der Waals surface area contributed by atoms with Crippen LogP contribution < -0.4 is 5.32 Å². The number of nitrogens with zero attached hydrogens (tertiary/aromatic N) is 4. The number of rotatable bonds is 7. The van der Waals surface area contributed by atoms with E-state index in [9.17, 15) is 10.1 Å². The number of hydrogen-bond acceptors (Lipinski definition) is 5. The fourth-order valence-corrected chi connectivity index (χ4v) is 1.95. The molecule has 0 saturated heterocycles. The number of para-hydroxylation sites is 1. The molecule has 0 unspecified atom stereocenters.